The van der Waals surface area contributed by atoms with E-state index in [-0.39, 0.29) is 24.1 Å². The molecule has 3 amide bonds. The fourth-order valence-electron chi connectivity index (χ4n) is 3.88. The number of nitrogens with one attached hydrogen (secondary N) is 1. The lowest BCUT2D eigenvalue weighted by molar-refractivity contribution is -0.136. The van der Waals surface area contributed by atoms with Gasteiger partial charge in [0.05, 0.1) is 5.70 Å². The van der Waals surface area contributed by atoms with Crippen LogP contribution < -0.4 is 11.1 Å². The summed E-state index contributed by atoms with van der Waals surface area (Å²) in [5, 5.41) is 2.34. The second-order valence-electron chi connectivity index (χ2n) is 7.41. The Morgan fingerprint density at radius 3 is 2.90 bits per heavy atom. The molecule has 2 heterocycles. The maximum atomic E-state index is 12.9. The van der Waals surface area contributed by atoms with Gasteiger partial charge in [0.1, 0.15) is 6.04 Å². The van der Waals surface area contributed by atoms with Crippen molar-refractivity contribution in [2.45, 2.75) is 38.3 Å². The fraction of sp³-hybridized carbons (Fsp3) is 0.429. The first-order chi connectivity index (χ1) is 13.9. The molecule has 8 nitrogen and oxygen atoms in total. The van der Waals surface area contributed by atoms with Crippen LogP contribution in [0.4, 0.5) is 0 Å². The van der Waals surface area contributed by atoms with Crippen molar-refractivity contribution in [3.05, 3.63) is 46.8 Å². The minimum atomic E-state index is -0.585. The quantitative estimate of drug-likeness (QED) is 0.499. The van der Waals surface area contributed by atoms with E-state index in [1.165, 1.54) is 0 Å². The van der Waals surface area contributed by atoms with Gasteiger partial charge in [-0.2, -0.15) is 0 Å². The summed E-state index contributed by atoms with van der Waals surface area (Å²) in [4.78, 5) is 44.0. The number of hydrogen-bond acceptors (Lipinski definition) is 6. The normalized spacial score (nSPS) is 19.2. The van der Waals surface area contributed by atoms with Crippen molar-refractivity contribution in [3.63, 3.8) is 0 Å². The van der Waals surface area contributed by atoms with Gasteiger partial charge in [0, 0.05) is 44.9 Å². The third-order valence-electron chi connectivity index (χ3n) is 5.42. The van der Waals surface area contributed by atoms with Gasteiger partial charge < -0.3 is 15.5 Å². The van der Waals surface area contributed by atoms with Gasteiger partial charge in [0.25, 0.3) is 5.91 Å². The first-order valence-electron chi connectivity index (χ1n) is 9.77. The van der Waals surface area contributed by atoms with Gasteiger partial charge in [-0.15, -0.1) is 0 Å². The Labute approximate surface area is 170 Å². The van der Waals surface area contributed by atoms with Crippen molar-refractivity contribution in [1.29, 1.82) is 0 Å². The largest absolute Gasteiger partial charge is 0.379 e. The van der Waals surface area contributed by atoms with Crippen LogP contribution in [0.15, 0.2) is 35.1 Å². The number of rotatable bonds is 8. The van der Waals surface area contributed by atoms with E-state index in [9.17, 15) is 14.4 Å². The molecule has 2 aliphatic heterocycles. The van der Waals surface area contributed by atoms with Gasteiger partial charge in [-0.25, -0.2) is 0 Å². The minimum absolute atomic E-state index is 0.138. The van der Waals surface area contributed by atoms with Crippen molar-refractivity contribution < 1.29 is 14.4 Å². The van der Waals surface area contributed by atoms with E-state index in [0.29, 0.717) is 25.1 Å². The number of imide groups is 1. The Morgan fingerprint density at radius 2 is 2.21 bits per heavy atom. The summed E-state index contributed by atoms with van der Waals surface area (Å²) >= 11 is 0. The molecular weight excluding hydrogens is 370 g/mol. The number of nitrogens with zero attached hydrogens (tertiary/aromatic N) is 3. The molecule has 1 unspecified atom stereocenters. The highest BCUT2D eigenvalue weighted by atomic mass is 16.2. The summed E-state index contributed by atoms with van der Waals surface area (Å²) in [6.45, 7) is 5.07. The van der Waals surface area contributed by atoms with Gasteiger partial charge in [-0.3, -0.25) is 24.7 Å². The SMILES string of the molecule is C=N/C(=C\N(C)CCCc1cccc2c1CN(C1CCC(=O)NC1=O)C2=O)CN. The molecule has 1 fully saturated rings. The highest BCUT2D eigenvalue weighted by Crippen LogP contribution is 2.30. The maximum absolute atomic E-state index is 12.9. The van der Waals surface area contributed by atoms with Gasteiger partial charge in [-0.1, -0.05) is 12.1 Å². The molecule has 1 saturated heterocycles. The summed E-state index contributed by atoms with van der Waals surface area (Å²) in [7, 11) is 1.96. The van der Waals surface area contributed by atoms with Crippen LogP contribution in [-0.4, -0.2) is 60.4 Å². The van der Waals surface area contributed by atoms with E-state index < -0.39 is 6.04 Å². The van der Waals surface area contributed by atoms with Gasteiger partial charge in [0.15, 0.2) is 0 Å². The smallest absolute Gasteiger partial charge is 0.255 e. The molecule has 29 heavy (non-hydrogen) atoms. The first-order valence-corrected chi connectivity index (χ1v) is 9.77. The number of fused-ring (bicyclic) bond motifs is 1. The third kappa shape index (κ3) is 4.54. The monoisotopic (exact) mass is 397 g/mol. The number of hydrogen-bond donors (Lipinski definition) is 2. The summed E-state index contributed by atoms with van der Waals surface area (Å²) in [5.74, 6) is -0.802. The minimum Gasteiger partial charge on any atom is -0.379 e. The Balaban J connectivity index is 1.66. The van der Waals surface area contributed by atoms with Crippen LogP contribution in [0.5, 0.6) is 0 Å². The standard InChI is InChI=1S/C21H27N5O3/c1-23-15(11-22)12-25(2)10-4-6-14-5-3-7-16-17(14)13-26(21(16)29)18-8-9-19(27)24-20(18)28/h3,5,7,12,18H,1,4,6,8-11,13,22H2,2H3,(H,24,27,28)/b15-12-. The van der Waals surface area contributed by atoms with E-state index in [4.69, 9.17) is 5.73 Å². The molecule has 1 atom stereocenters. The van der Waals surface area contributed by atoms with E-state index >= 15 is 0 Å². The summed E-state index contributed by atoms with van der Waals surface area (Å²) in [6, 6.07) is 5.15. The molecule has 0 spiro atoms. The number of carbonyl (C=O) groups excluding carboxylic acids is 3. The average molecular weight is 397 g/mol. The molecule has 0 saturated carbocycles. The van der Waals surface area contributed by atoms with E-state index in [1.54, 1.807) is 4.90 Å². The van der Waals surface area contributed by atoms with Crippen molar-refractivity contribution in [2.24, 2.45) is 10.7 Å². The van der Waals surface area contributed by atoms with Crippen molar-refractivity contribution >= 4 is 24.4 Å². The van der Waals surface area contributed by atoms with Crippen LogP contribution >= 0.6 is 0 Å². The summed E-state index contributed by atoms with van der Waals surface area (Å²) in [5.41, 5.74) is 9.09. The van der Waals surface area contributed by atoms with Crippen LogP contribution in [0.2, 0.25) is 0 Å². The number of benzene rings is 1. The molecular formula is C21H27N5O3. The van der Waals surface area contributed by atoms with E-state index in [1.807, 2.05) is 36.3 Å². The molecule has 0 bridgehead atoms. The number of piperidine rings is 1. The summed E-state index contributed by atoms with van der Waals surface area (Å²) < 4.78 is 0. The van der Waals surface area contributed by atoms with Crippen molar-refractivity contribution in [1.82, 2.24) is 15.1 Å². The number of amides is 3. The number of aryl methyl sites for hydroxylation is 1. The Kier molecular flexibility index (Phi) is 6.43. The lowest BCUT2D eigenvalue weighted by atomic mass is 9.99. The molecule has 2 aliphatic rings. The molecule has 0 aliphatic carbocycles. The average Bonchev–Trinajstić information content (AvgIpc) is 3.03. The zero-order valence-electron chi connectivity index (χ0n) is 16.7. The van der Waals surface area contributed by atoms with Crippen molar-refractivity contribution in [2.75, 3.05) is 20.1 Å². The second kappa shape index (κ2) is 9.00. The van der Waals surface area contributed by atoms with Gasteiger partial charge in [-0.05, 0) is 43.2 Å². The zero-order chi connectivity index (χ0) is 21.0. The second-order valence-corrected chi connectivity index (χ2v) is 7.41. The van der Waals surface area contributed by atoms with Crippen LogP contribution in [0.1, 0.15) is 40.7 Å². The molecule has 0 radical (unpaired) electrons. The molecule has 8 heteroatoms. The predicted octanol–water partition coefficient (Wildman–Crippen LogP) is 0.813. The summed E-state index contributed by atoms with van der Waals surface area (Å²) in [6.07, 6.45) is 4.23. The Bertz CT molecular complexity index is 864. The fourth-order valence-corrected chi connectivity index (χ4v) is 3.88. The van der Waals surface area contributed by atoms with Crippen molar-refractivity contribution in [3.8, 4) is 0 Å². The molecule has 1 aromatic carbocycles. The molecule has 1 aromatic rings. The Morgan fingerprint density at radius 1 is 1.41 bits per heavy atom. The highest BCUT2D eigenvalue weighted by molar-refractivity contribution is 6.05. The highest BCUT2D eigenvalue weighted by Gasteiger charge is 2.39. The molecule has 3 N–H and O–H groups in total. The van der Waals surface area contributed by atoms with Crippen LogP contribution in [0, 0.1) is 0 Å². The molecule has 154 valence electrons. The maximum Gasteiger partial charge on any atom is 0.255 e. The van der Waals surface area contributed by atoms with Gasteiger partial charge in [0.2, 0.25) is 11.8 Å². The van der Waals surface area contributed by atoms with Crippen LogP contribution in [0.25, 0.3) is 0 Å². The predicted molar refractivity (Wildman–Crippen MR) is 110 cm³/mol. The van der Waals surface area contributed by atoms with Gasteiger partial charge >= 0.3 is 0 Å². The lowest BCUT2D eigenvalue weighted by Crippen LogP contribution is -2.52. The Hall–Kier alpha value is -3.00. The van der Waals surface area contributed by atoms with E-state index in [0.717, 1.165) is 36.2 Å². The zero-order valence-corrected chi connectivity index (χ0v) is 16.7. The van der Waals surface area contributed by atoms with Crippen LogP contribution in [-0.2, 0) is 22.6 Å². The van der Waals surface area contributed by atoms with E-state index in [2.05, 4.69) is 17.0 Å². The third-order valence-corrected chi connectivity index (χ3v) is 5.42. The molecule has 0 aromatic heterocycles. The first kappa shape index (κ1) is 20.7. The number of carbonyl (C=O) groups is 3. The lowest BCUT2D eigenvalue weighted by Gasteiger charge is -2.29. The van der Waals surface area contributed by atoms with Crippen LogP contribution in [0.3, 0.4) is 0 Å². The topological polar surface area (TPSA) is 108 Å². The number of nitrogens with two attached hydrogens (primary N) is 1. The molecule has 3 rings (SSSR count). The number of aliphatic imine (C=N–C) groups is 1.